The van der Waals surface area contributed by atoms with Gasteiger partial charge in [-0.25, -0.2) is 13.6 Å². The molecule has 0 spiro atoms. The Kier molecular flexibility index (Phi) is 4.69. The molecule has 5 N–H and O–H groups in total. The van der Waals surface area contributed by atoms with E-state index in [1.807, 2.05) is 0 Å². The standard InChI is InChI=1S/C9H19N3O3S/c10-6-7-2-1-3-8(7)9(13)12-4-5-16(11,14)15/h7-8H,1-6,10H2,(H,12,13)(H2,11,14,15). The molecule has 1 amide bonds. The summed E-state index contributed by atoms with van der Waals surface area (Å²) in [7, 11) is -3.50. The number of hydrogen-bond donors (Lipinski definition) is 3. The van der Waals surface area contributed by atoms with Gasteiger partial charge in [0.05, 0.1) is 5.75 Å². The number of carbonyl (C=O) groups excluding carboxylic acids is 1. The van der Waals surface area contributed by atoms with E-state index in [2.05, 4.69) is 5.32 Å². The van der Waals surface area contributed by atoms with Crippen molar-refractivity contribution in [1.82, 2.24) is 5.32 Å². The molecule has 1 aliphatic rings. The molecule has 0 aromatic rings. The highest BCUT2D eigenvalue weighted by Gasteiger charge is 2.31. The van der Waals surface area contributed by atoms with Crippen LogP contribution in [-0.2, 0) is 14.8 Å². The first-order chi connectivity index (χ1) is 7.44. The number of rotatable bonds is 5. The molecule has 6 nitrogen and oxygen atoms in total. The van der Waals surface area contributed by atoms with E-state index in [0.717, 1.165) is 19.3 Å². The van der Waals surface area contributed by atoms with Gasteiger partial charge in [0.15, 0.2) is 0 Å². The summed E-state index contributed by atoms with van der Waals surface area (Å²) in [6.07, 6.45) is 2.82. The van der Waals surface area contributed by atoms with Crippen LogP contribution in [0.1, 0.15) is 19.3 Å². The second-order valence-electron chi connectivity index (χ2n) is 4.19. The summed E-state index contributed by atoms with van der Waals surface area (Å²) in [5, 5.41) is 7.42. The maximum atomic E-state index is 11.7. The van der Waals surface area contributed by atoms with Gasteiger partial charge in [0.25, 0.3) is 0 Å². The Labute approximate surface area is 95.8 Å². The van der Waals surface area contributed by atoms with E-state index in [9.17, 15) is 13.2 Å². The highest BCUT2D eigenvalue weighted by atomic mass is 32.2. The summed E-state index contributed by atoms with van der Waals surface area (Å²) in [4.78, 5) is 11.7. The van der Waals surface area contributed by atoms with Crippen LogP contribution < -0.4 is 16.2 Å². The minimum absolute atomic E-state index is 0.0644. The van der Waals surface area contributed by atoms with Gasteiger partial charge in [0.1, 0.15) is 0 Å². The van der Waals surface area contributed by atoms with Gasteiger partial charge in [-0.2, -0.15) is 0 Å². The topological polar surface area (TPSA) is 115 Å². The third-order valence-electron chi connectivity index (χ3n) is 2.98. The van der Waals surface area contributed by atoms with Crippen molar-refractivity contribution >= 4 is 15.9 Å². The highest BCUT2D eigenvalue weighted by Crippen LogP contribution is 2.30. The molecule has 0 heterocycles. The molecule has 0 radical (unpaired) electrons. The van der Waals surface area contributed by atoms with E-state index in [0.29, 0.717) is 6.54 Å². The smallest absolute Gasteiger partial charge is 0.223 e. The van der Waals surface area contributed by atoms with E-state index >= 15 is 0 Å². The Morgan fingerprint density at radius 1 is 1.38 bits per heavy atom. The fourth-order valence-corrected chi connectivity index (χ4v) is 2.50. The Morgan fingerprint density at radius 3 is 2.62 bits per heavy atom. The molecule has 1 fully saturated rings. The summed E-state index contributed by atoms with van der Waals surface area (Å²) in [6, 6.07) is 0. The molecular formula is C9H19N3O3S. The Balaban J connectivity index is 2.35. The van der Waals surface area contributed by atoms with Crippen LogP contribution in [0, 0.1) is 11.8 Å². The fourth-order valence-electron chi connectivity index (χ4n) is 2.11. The Bertz CT molecular complexity index is 342. The van der Waals surface area contributed by atoms with Crippen LogP contribution in [0.25, 0.3) is 0 Å². The van der Waals surface area contributed by atoms with E-state index in [-0.39, 0.29) is 30.0 Å². The van der Waals surface area contributed by atoms with Gasteiger partial charge in [0, 0.05) is 12.5 Å². The monoisotopic (exact) mass is 249 g/mol. The zero-order valence-corrected chi connectivity index (χ0v) is 10.0. The summed E-state index contributed by atoms with van der Waals surface area (Å²) in [5.41, 5.74) is 5.56. The quantitative estimate of drug-likeness (QED) is 0.565. The van der Waals surface area contributed by atoms with Gasteiger partial charge in [-0.3, -0.25) is 4.79 Å². The molecule has 0 aromatic carbocycles. The number of amides is 1. The molecule has 1 aliphatic carbocycles. The summed E-state index contributed by atoms with van der Waals surface area (Å²) < 4.78 is 21.3. The molecule has 1 rings (SSSR count). The summed E-state index contributed by atoms with van der Waals surface area (Å²) in [5.74, 6) is -0.157. The van der Waals surface area contributed by atoms with Crippen LogP contribution in [0.15, 0.2) is 0 Å². The highest BCUT2D eigenvalue weighted by molar-refractivity contribution is 7.89. The molecule has 0 bridgehead atoms. The second kappa shape index (κ2) is 5.60. The first-order valence-corrected chi connectivity index (χ1v) is 7.14. The maximum Gasteiger partial charge on any atom is 0.223 e. The van der Waals surface area contributed by atoms with Gasteiger partial charge >= 0.3 is 0 Å². The van der Waals surface area contributed by atoms with E-state index in [1.54, 1.807) is 0 Å². The average Bonchev–Trinajstić information content (AvgIpc) is 2.63. The first-order valence-electron chi connectivity index (χ1n) is 5.42. The largest absolute Gasteiger partial charge is 0.355 e. The van der Waals surface area contributed by atoms with Crippen LogP contribution in [0.3, 0.4) is 0 Å². The number of primary sulfonamides is 1. The second-order valence-corrected chi connectivity index (χ2v) is 5.93. The van der Waals surface area contributed by atoms with Crippen molar-refractivity contribution in [3.63, 3.8) is 0 Å². The minimum Gasteiger partial charge on any atom is -0.355 e. The molecule has 0 aliphatic heterocycles. The maximum absolute atomic E-state index is 11.7. The Hall–Kier alpha value is -0.660. The van der Waals surface area contributed by atoms with Crippen molar-refractivity contribution in [2.45, 2.75) is 19.3 Å². The molecule has 0 saturated heterocycles. The van der Waals surface area contributed by atoms with Crippen molar-refractivity contribution < 1.29 is 13.2 Å². The SMILES string of the molecule is NCC1CCCC1C(=O)NCCS(N)(=O)=O. The molecule has 16 heavy (non-hydrogen) atoms. The lowest BCUT2D eigenvalue weighted by molar-refractivity contribution is -0.125. The number of nitrogens with two attached hydrogens (primary N) is 2. The van der Waals surface area contributed by atoms with E-state index in [1.165, 1.54) is 0 Å². The van der Waals surface area contributed by atoms with Crippen molar-refractivity contribution in [2.75, 3.05) is 18.8 Å². The molecule has 2 atom stereocenters. The van der Waals surface area contributed by atoms with Crippen LogP contribution in [0.2, 0.25) is 0 Å². The van der Waals surface area contributed by atoms with Gasteiger partial charge < -0.3 is 11.1 Å². The van der Waals surface area contributed by atoms with Crippen LogP contribution in [-0.4, -0.2) is 33.2 Å². The zero-order chi connectivity index (χ0) is 12.2. The predicted octanol–water partition coefficient (Wildman–Crippen LogP) is -1.23. The lowest BCUT2D eigenvalue weighted by Crippen LogP contribution is -2.38. The number of carbonyl (C=O) groups is 1. The van der Waals surface area contributed by atoms with E-state index < -0.39 is 10.0 Å². The first kappa shape index (κ1) is 13.4. The minimum atomic E-state index is -3.50. The number of hydrogen-bond acceptors (Lipinski definition) is 4. The van der Waals surface area contributed by atoms with E-state index in [4.69, 9.17) is 10.9 Å². The average molecular weight is 249 g/mol. The van der Waals surface area contributed by atoms with Crippen molar-refractivity contribution in [2.24, 2.45) is 22.7 Å². The molecule has 7 heteroatoms. The van der Waals surface area contributed by atoms with Gasteiger partial charge in [-0.1, -0.05) is 6.42 Å². The molecule has 0 aromatic heterocycles. The van der Waals surface area contributed by atoms with Crippen molar-refractivity contribution in [3.05, 3.63) is 0 Å². The summed E-state index contributed by atoms with van der Waals surface area (Å²) >= 11 is 0. The van der Waals surface area contributed by atoms with Crippen molar-refractivity contribution in [3.8, 4) is 0 Å². The fraction of sp³-hybridized carbons (Fsp3) is 0.889. The van der Waals surface area contributed by atoms with Crippen LogP contribution in [0.5, 0.6) is 0 Å². The third kappa shape index (κ3) is 4.07. The van der Waals surface area contributed by atoms with Crippen LogP contribution in [0.4, 0.5) is 0 Å². The molecular weight excluding hydrogens is 230 g/mol. The zero-order valence-electron chi connectivity index (χ0n) is 9.19. The predicted molar refractivity (Wildman–Crippen MR) is 60.9 cm³/mol. The van der Waals surface area contributed by atoms with Gasteiger partial charge in [-0.05, 0) is 25.3 Å². The lowest BCUT2D eigenvalue weighted by Gasteiger charge is -2.16. The normalized spacial score (nSPS) is 25.6. The van der Waals surface area contributed by atoms with Gasteiger partial charge in [0.2, 0.25) is 15.9 Å². The summed E-state index contributed by atoms with van der Waals surface area (Å²) in [6.45, 7) is 0.582. The Morgan fingerprint density at radius 2 is 2.06 bits per heavy atom. The number of sulfonamides is 1. The number of nitrogens with one attached hydrogen (secondary N) is 1. The van der Waals surface area contributed by atoms with Gasteiger partial charge in [-0.15, -0.1) is 0 Å². The van der Waals surface area contributed by atoms with Crippen molar-refractivity contribution in [1.29, 1.82) is 0 Å². The lowest BCUT2D eigenvalue weighted by atomic mass is 9.95. The third-order valence-corrected chi connectivity index (χ3v) is 3.76. The molecule has 94 valence electrons. The molecule has 1 saturated carbocycles. The molecule has 2 unspecified atom stereocenters. The van der Waals surface area contributed by atoms with Crippen LogP contribution >= 0.6 is 0 Å².